The lowest BCUT2D eigenvalue weighted by Crippen LogP contribution is -2.41. The third-order valence-electron chi connectivity index (χ3n) is 4.43. The fourth-order valence-corrected chi connectivity index (χ4v) is 4.01. The van der Waals surface area contributed by atoms with Crippen molar-refractivity contribution in [3.8, 4) is 0 Å². The highest BCUT2D eigenvalue weighted by atomic mass is 79.9. The summed E-state index contributed by atoms with van der Waals surface area (Å²) in [6.07, 6.45) is 5.16. The number of piperidine rings is 1. The van der Waals surface area contributed by atoms with Gasteiger partial charge in [0.2, 0.25) is 0 Å². The number of anilines is 1. The van der Waals surface area contributed by atoms with Gasteiger partial charge in [0.05, 0.1) is 11.3 Å². The van der Waals surface area contributed by atoms with E-state index in [1.807, 2.05) is 24.4 Å². The zero-order valence-electron chi connectivity index (χ0n) is 13.7. The van der Waals surface area contributed by atoms with Gasteiger partial charge in [0, 0.05) is 53.7 Å². The number of benzene rings is 1. The average molecular weight is 412 g/mol. The van der Waals surface area contributed by atoms with Crippen molar-refractivity contribution in [2.45, 2.75) is 18.9 Å². The molecule has 1 aliphatic heterocycles. The molecule has 2 aromatic rings. The number of fused-ring (bicyclic) bond motifs is 1. The first-order chi connectivity index (χ1) is 11.4. The first-order valence-electron chi connectivity index (χ1n) is 8.11. The molecule has 1 aromatic heterocycles. The van der Waals surface area contributed by atoms with Crippen LogP contribution in [0.1, 0.15) is 12.8 Å². The van der Waals surface area contributed by atoms with Crippen molar-refractivity contribution in [1.82, 2.24) is 9.88 Å². The van der Waals surface area contributed by atoms with Crippen molar-refractivity contribution in [3.05, 3.63) is 34.9 Å². The molecule has 0 aliphatic carbocycles. The molecule has 1 fully saturated rings. The highest BCUT2D eigenvalue weighted by Crippen LogP contribution is 2.27. The van der Waals surface area contributed by atoms with Crippen molar-refractivity contribution in [2.75, 3.05) is 37.0 Å². The van der Waals surface area contributed by atoms with E-state index in [4.69, 9.17) is 0 Å². The fourth-order valence-electron chi connectivity index (χ4n) is 3.06. The van der Waals surface area contributed by atoms with Crippen molar-refractivity contribution in [3.63, 3.8) is 0 Å². The zero-order valence-corrected chi connectivity index (χ0v) is 16.1. The van der Waals surface area contributed by atoms with Gasteiger partial charge in [0.15, 0.2) is 0 Å². The zero-order chi connectivity index (χ0) is 17.2. The summed E-state index contributed by atoms with van der Waals surface area (Å²) in [5, 5.41) is 4.76. The summed E-state index contributed by atoms with van der Waals surface area (Å²) in [5.74, 6) is 0.244. The second kappa shape index (κ2) is 7.37. The lowest BCUT2D eigenvalue weighted by Gasteiger charge is -2.32. The number of rotatable bonds is 5. The first-order valence-corrected chi connectivity index (χ1v) is 11.0. The molecular formula is C17H22BrN3O2S. The number of nitrogens with zero attached hydrogens (tertiary/aromatic N) is 2. The normalized spacial score (nSPS) is 17.2. The molecule has 1 aromatic carbocycles. The van der Waals surface area contributed by atoms with Crippen LogP contribution < -0.4 is 5.32 Å². The van der Waals surface area contributed by atoms with E-state index in [0.717, 1.165) is 47.0 Å². The third-order valence-corrected chi connectivity index (χ3v) is 5.85. The predicted molar refractivity (Wildman–Crippen MR) is 102 cm³/mol. The van der Waals surface area contributed by atoms with Gasteiger partial charge in [-0.3, -0.25) is 4.98 Å². The summed E-state index contributed by atoms with van der Waals surface area (Å²) in [4.78, 5) is 6.65. The Balaban J connectivity index is 1.61. The van der Waals surface area contributed by atoms with Crippen LogP contribution in [0, 0.1) is 0 Å². The van der Waals surface area contributed by atoms with Crippen molar-refractivity contribution < 1.29 is 8.42 Å². The standard InChI is InChI=1S/C17H22BrN3O2S/c1-24(22,23)11-10-21-8-5-14(6-9-21)20-17-4-7-19-16-3-2-13(18)12-15(16)17/h2-4,7,12,14H,5-6,8-11H2,1H3,(H,19,20). The summed E-state index contributed by atoms with van der Waals surface area (Å²) in [5.41, 5.74) is 2.09. The van der Waals surface area contributed by atoms with Crippen LogP contribution in [0.15, 0.2) is 34.9 Å². The molecule has 130 valence electrons. The lowest BCUT2D eigenvalue weighted by atomic mass is 10.0. The monoisotopic (exact) mass is 411 g/mol. The molecule has 0 bridgehead atoms. The number of sulfone groups is 1. The van der Waals surface area contributed by atoms with Gasteiger partial charge in [0.25, 0.3) is 0 Å². The Hall–Kier alpha value is -1.18. The van der Waals surface area contributed by atoms with Crippen LogP contribution in [-0.4, -0.2) is 56.0 Å². The van der Waals surface area contributed by atoms with Crippen molar-refractivity contribution >= 4 is 42.4 Å². The van der Waals surface area contributed by atoms with Gasteiger partial charge in [-0.15, -0.1) is 0 Å². The summed E-state index contributed by atoms with van der Waals surface area (Å²) >= 11 is 3.52. The Kier molecular flexibility index (Phi) is 5.42. The van der Waals surface area contributed by atoms with Crippen molar-refractivity contribution in [1.29, 1.82) is 0 Å². The molecule has 0 atom stereocenters. The summed E-state index contributed by atoms with van der Waals surface area (Å²) in [6, 6.07) is 8.53. The van der Waals surface area contributed by atoms with Crippen LogP contribution >= 0.6 is 15.9 Å². The molecule has 7 heteroatoms. The maximum Gasteiger partial charge on any atom is 0.148 e. The smallest absolute Gasteiger partial charge is 0.148 e. The highest BCUT2D eigenvalue weighted by molar-refractivity contribution is 9.10. The number of hydrogen-bond acceptors (Lipinski definition) is 5. The topological polar surface area (TPSA) is 62.3 Å². The molecule has 0 unspecified atom stereocenters. The maximum absolute atomic E-state index is 11.3. The summed E-state index contributed by atoms with van der Waals surface area (Å²) in [6.45, 7) is 2.50. The molecule has 1 N–H and O–H groups in total. The largest absolute Gasteiger partial charge is 0.382 e. The molecule has 1 aliphatic rings. The Morgan fingerprint density at radius 3 is 2.75 bits per heavy atom. The number of likely N-dealkylation sites (tertiary alicyclic amines) is 1. The number of halogens is 1. The van der Waals surface area contributed by atoms with E-state index in [-0.39, 0.29) is 5.75 Å². The van der Waals surface area contributed by atoms with E-state index in [2.05, 4.69) is 37.2 Å². The molecule has 24 heavy (non-hydrogen) atoms. The van der Waals surface area contributed by atoms with Gasteiger partial charge in [-0.25, -0.2) is 8.42 Å². The first kappa shape index (κ1) is 17.6. The van der Waals surface area contributed by atoms with Gasteiger partial charge in [-0.2, -0.15) is 0 Å². The Morgan fingerprint density at radius 2 is 2.04 bits per heavy atom. The van der Waals surface area contributed by atoms with E-state index in [1.165, 1.54) is 6.26 Å². The second-order valence-electron chi connectivity index (χ2n) is 6.41. The molecule has 5 nitrogen and oxygen atoms in total. The minimum absolute atomic E-state index is 0.244. The average Bonchev–Trinajstić information content (AvgIpc) is 2.54. The Bertz CT molecular complexity index is 818. The maximum atomic E-state index is 11.3. The minimum Gasteiger partial charge on any atom is -0.382 e. The van der Waals surface area contributed by atoms with Gasteiger partial charge >= 0.3 is 0 Å². The molecule has 0 spiro atoms. The number of nitrogens with one attached hydrogen (secondary N) is 1. The van der Waals surface area contributed by atoms with Crippen LogP contribution in [0.4, 0.5) is 5.69 Å². The molecule has 0 saturated carbocycles. The van der Waals surface area contributed by atoms with E-state index in [1.54, 1.807) is 0 Å². The Labute approximate surface area is 151 Å². The van der Waals surface area contributed by atoms with E-state index in [0.29, 0.717) is 12.6 Å². The van der Waals surface area contributed by atoms with Gasteiger partial charge in [0.1, 0.15) is 9.84 Å². The molecular weight excluding hydrogens is 390 g/mol. The van der Waals surface area contributed by atoms with Gasteiger partial charge in [-0.1, -0.05) is 15.9 Å². The third kappa shape index (κ3) is 4.68. The SMILES string of the molecule is CS(=O)(=O)CCN1CCC(Nc2ccnc3ccc(Br)cc23)CC1. The number of pyridine rings is 1. The number of hydrogen-bond donors (Lipinski definition) is 1. The van der Waals surface area contributed by atoms with Crippen molar-refractivity contribution in [2.24, 2.45) is 0 Å². The van der Waals surface area contributed by atoms with Crippen LogP contribution in [0.3, 0.4) is 0 Å². The summed E-state index contributed by atoms with van der Waals surface area (Å²) in [7, 11) is -2.88. The van der Waals surface area contributed by atoms with Crippen LogP contribution in [0.5, 0.6) is 0 Å². The molecule has 1 saturated heterocycles. The van der Waals surface area contributed by atoms with Crippen LogP contribution in [0.2, 0.25) is 0 Å². The van der Waals surface area contributed by atoms with E-state index in [9.17, 15) is 8.42 Å². The fraction of sp³-hybridized carbons (Fsp3) is 0.471. The molecule has 0 radical (unpaired) electrons. The molecule has 2 heterocycles. The highest BCUT2D eigenvalue weighted by Gasteiger charge is 2.20. The van der Waals surface area contributed by atoms with Crippen LogP contribution in [-0.2, 0) is 9.84 Å². The quantitative estimate of drug-likeness (QED) is 0.819. The molecule has 0 amide bonds. The second-order valence-corrected chi connectivity index (χ2v) is 9.59. The minimum atomic E-state index is -2.88. The molecule has 3 rings (SSSR count). The Morgan fingerprint density at radius 1 is 1.29 bits per heavy atom. The summed E-state index contributed by atoms with van der Waals surface area (Å²) < 4.78 is 23.6. The van der Waals surface area contributed by atoms with Crippen LogP contribution in [0.25, 0.3) is 10.9 Å². The number of aromatic nitrogens is 1. The lowest BCUT2D eigenvalue weighted by molar-refractivity contribution is 0.230. The van der Waals surface area contributed by atoms with E-state index >= 15 is 0 Å². The van der Waals surface area contributed by atoms with E-state index < -0.39 is 9.84 Å². The van der Waals surface area contributed by atoms with Gasteiger partial charge in [-0.05, 0) is 37.1 Å². The van der Waals surface area contributed by atoms with Gasteiger partial charge < -0.3 is 10.2 Å². The predicted octanol–water partition coefficient (Wildman–Crippen LogP) is 2.92.